The number of rotatable bonds is 1. The van der Waals surface area contributed by atoms with Gasteiger partial charge in [0.15, 0.2) is 0 Å². The summed E-state index contributed by atoms with van der Waals surface area (Å²) in [4.78, 5) is 0. The molecule has 0 saturated heterocycles. The molecule has 0 spiro atoms. The van der Waals surface area contributed by atoms with E-state index in [2.05, 4.69) is 62.4 Å². The summed E-state index contributed by atoms with van der Waals surface area (Å²) in [6, 6.07) is 18.9. The van der Waals surface area contributed by atoms with Crippen LogP contribution < -0.4 is 0 Å². The van der Waals surface area contributed by atoms with Gasteiger partial charge < -0.3 is 4.74 Å². The summed E-state index contributed by atoms with van der Waals surface area (Å²) >= 11 is 0. The van der Waals surface area contributed by atoms with Crippen LogP contribution in [0.4, 0.5) is 0 Å². The van der Waals surface area contributed by atoms with Gasteiger partial charge in [0, 0.05) is 0 Å². The van der Waals surface area contributed by atoms with Gasteiger partial charge in [-0.05, 0) is 30.5 Å². The van der Waals surface area contributed by atoms with E-state index in [1.54, 1.807) is 0 Å². The Balaban J connectivity index is 2.12. The molecule has 0 aromatic heterocycles. The van der Waals surface area contributed by atoms with Crippen molar-refractivity contribution in [3.05, 3.63) is 71.3 Å². The summed E-state index contributed by atoms with van der Waals surface area (Å²) < 4.78 is 6.21. The molecular formula is C16H16O. The molecule has 3 rings (SSSR count). The van der Waals surface area contributed by atoms with Gasteiger partial charge in [-0.25, -0.2) is 0 Å². The molecule has 17 heavy (non-hydrogen) atoms. The zero-order chi connectivity index (χ0) is 11.9. The molecule has 1 heterocycles. The molecule has 1 aliphatic rings. The van der Waals surface area contributed by atoms with Crippen molar-refractivity contribution in [1.29, 1.82) is 0 Å². The van der Waals surface area contributed by atoms with Gasteiger partial charge in [0.05, 0.1) is 5.60 Å². The number of ether oxygens (including phenoxy) is 1. The van der Waals surface area contributed by atoms with Crippen LogP contribution >= 0.6 is 0 Å². The van der Waals surface area contributed by atoms with E-state index in [0.29, 0.717) is 0 Å². The average Bonchev–Trinajstić information content (AvgIpc) is 2.64. The third kappa shape index (κ3) is 1.67. The van der Waals surface area contributed by atoms with Gasteiger partial charge in [0.1, 0.15) is 6.10 Å². The van der Waals surface area contributed by atoms with Gasteiger partial charge in [-0.1, -0.05) is 54.6 Å². The van der Waals surface area contributed by atoms with Crippen molar-refractivity contribution in [3.63, 3.8) is 0 Å². The van der Waals surface area contributed by atoms with E-state index in [0.717, 1.165) is 0 Å². The Labute approximate surface area is 102 Å². The van der Waals surface area contributed by atoms with Crippen LogP contribution in [0, 0.1) is 0 Å². The number of hydrogen-bond acceptors (Lipinski definition) is 1. The van der Waals surface area contributed by atoms with Crippen molar-refractivity contribution in [3.8, 4) is 0 Å². The smallest absolute Gasteiger partial charge is 0.109 e. The largest absolute Gasteiger partial charge is 0.358 e. The van der Waals surface area contributed by atoms with Gasteiger partial charge in [-0.3, -0.25) is 0 Å². The molecule has 0 radical (unpaired) electrons. The van der Waals surface area contributed by atoms with Crippen molar-refractivity contribution < 1.29 is 4.74 Å². The maximum Gasteiger partial charge on any atom is 0.109 e. The molecule has 0 aliphatic carbocycles. The molecule has 1 nitrogen and oxygen atoms in total. The number of hydrogen-bond donors (Lipinski definition) is 0. The summed E-state index contributed by atoms with van der Waals surface area (Å²) in [5, 5.41) is 0. The van der Waals surface area contributed by atoms with Crippen LogP contribution in [-0.4, -0.2) is 0 Å². The minimum absolute atomic E-state index is 0.0717. The topological polar surface area (TPSA) is 9.23 Å². The Bertz CT molecular complexity index is 528. The lowest BCUT2D eigenvalue weighted by atomic mass is 9.93. The first-order chi connectivity index (χ1) is 8.18. The Kier molecular flexibility index (Phi) is 2.30. The first-order valence-electron chi connectivity index (χ1n) is 6.01. The number of benzene rings is 2. The lowest BCUT2D eigenvalue weighted by molar-refractivity contribution is -0.0340. The van der Waals surface area contributed by atoms with Crippen molar-refractivity contribution in [2.24, 2.45) is 0 Å². The molecule has 0 fully saturated rings. The second-order valence-corrected chi connectivity index (χ2v) is 5.01. The molecule has 0 N–H and O–H groups in total. The summed E-state index contributed by atoms with van der Waals surface area (Å²) in [6.45, 7) is 4.27. The predicted molar refractivity (Wildman–Crippen MR) is 68.8 cm³/mol. The Hall–Kier alpha value is -1.60. The van der Waals surface area contributed by atoms with Crippen LogP contribution in [0.1, 0.15) is 36.6 Å². The van der Waals surface area contributed by atoms with Crippen molar-refractivity contribution in [1.82, 2.24) is 0 Å². The van der Waals surface area contributed by atoms with Crippen LogP contribution in [0.3, 0.4) is 0 Å². The number of fused-ring (bicyclic) bond motifs is 1. The highest BCUT2D eigenvalue weighted by atomic mass is 16.5. The second-order valence-electron chi connectivity index (χ2n) is 5.01. The first kappa shape index (κ1) is 10.5. The van der Waals surface area contributed by atoms with E-state index in [9.17, 15) is 0 Å². The van der Waals surface area contributed by atoms with Crippen molar-refractivity contribution >= 4 is 0 Å². The highest BCUT2D eigenvalue weighted by Gasteiger charge is 2.37. The van der Waals surface area contributed by atoms with E-state index < -0.39 is 0 Å². The molecule has 0 saturated carbocycles. The molecule has 2 aromatic carbocycles. The Morgan fingerprint density at radius 1 is 0.882 bits per heavy atom. The molecular weight excluding hydrogens is 208 g/mol. The van der Waals surface area contributed by atoms with Gasteiger partial charge >= 0.3 is 0 Å². The summed E-state index contributed by atoms with van der Waals surface area (Å²) in [5.41, 5.74) is 3.62. The normalized spacial score (nSPS) is 21.2. The zero-order valence-corrected chi connectivity index (χ0v) is 10.2. The fourth-order valence-electron chi connectivity index (χ4n) is 2.57. The summed E-state index contributed by atoms with van der Waals surface area (Å²) in [6.07, 6.45) is 0.0717. The van der Waals surface area contributed by atoms with E-state index in [-0.39, 0.29) is 11.7 Å². The third-order valence-electron chi connectivity index (χ3n) is 3.41. The molecule has 1 atom stereocenters. The monoisotopic (exact) mass is 224 g/mol. The van der Waals surface area contributed by atoms with Crippen molar-refractivity contribution in [2.45, 2.75) is 25.6 Å². The Morgan fingerprint density at radius 3 is 2.29 bits per heavy atom. The molecule has 0 amide bonds. The molecule has 2 aromatic rings. The second kappa shape index (κ2) is 3.71. The predicted octanol–water partition coefficient (Wildman–Crippen LogP) is 4.04. The average molecular weight is 224 g/mol. The van der Waals surface area contributed by atoms with Gasteiger partial charge in [0.25, 0.3) is 0 Å². The van der Waals surface area contributed by atoms with E-state index >= 15 is 0 Å². The van der Waals surface area contributed by atoms with Crippen LogP contribution in [0.25, 0.3) is 0 Å². The summed E-state index contributed by atoms with van der Waals surface area (Å²) in [7, 11) is 0. The maximum atomic E-state index is 6.21. The highest BCUT2D eigenvalue weighted by molar-refractivity contribution is 5.42. The minimum atomic E-state index is -0.197. The molecule has 1 aliphatic heterocycles. The van der Waals surface area contributed by atoms with Crippen LogP contribution in [0.5, 0.6) is 0 Å². The SMILES string of the molecule is CC1(C)OC(c2ccccc2)c2ccccc21. The molecule has 1 heteroatoms. The van der Waals surface area contributed by atoms with Crippen LogP contribution in [-0.2, 0) is 10.3 Å². The standard InChI is InChI=1S/C16H16O/c1-16(2)14-11-7-6-10-13(14)15(17-16)12-8-4-3-5-9-12/h3-11,15H,1-2H3. The highest BCUT2D eigenvalue weighted by Crippen LogP contribution is 2.45. The van der Waals surface area contributed by atoms with Gasteiger partial charge in [0.2, 0.25) is 0 Å². The minimum Gasteiger partial charge on any atom is -0.358 e. The van der Waals surface area contributed by atoms with E-state index in [1.165, 1.54) is 16.7 Å². The lowest BCUT2D eigenvalue weighted by Gasteiger charge is -2.20. The van der Waals surface area contributed by atoms with E-state index in [1.807, 2.05) is 6.07 Å². The quantitative estimate of drug-likeness (QED) is 0.710. The fraction of sp³-hybridized carbons (Fsp3) is 0.250. The molecule has 1 unspecified atom stereocenters. The van der Waals surface area contributed by atoms with Crippen molar-refractivity contribution in [2.75, 3.05) is 0 Å². The van der Waals surface area contributed by atoms with E-state index in [4.69, 9.17) is 4.74 Å². The maximum absolute atomic E-state index is 6.21. The van der Waals surface area contributed by atoms with Gasteiger partial charge in [-0.15, -0.1) is 0 Å². The van der Waals surface area contributed by atoms with Crippen LogP contribution in [0.2, 0.25) is 0 Å². The molecule has 0 bridgehead atoms. The Morgan fingerprint density at radius 2 is 1.53 bits per heavy atom. The van der Waals surface area contributed by atoms with Crippen LogP contribution in [0.15, 0.2) is 54.6 Å². The molecule has 86 valence electrons. The zero-order valence-electron chi connectivity index (χ0n) is 10.2. The van der Waals surface area contributed by atoms with Gasteiger partial charge in [-0.2, -0.15) is 0 Å². The lowest BCUT2D eigenvalue weighted by Crippen LogP contribution is -2.15. The summed E-state index contributed by atoms with van der Waals surface area (Å²) in [5.74, 6) is 0. The first-order valence-corrected chi connectivity index (χ1v) is 6.01. The third-order valence-corrected chi connectivity index (χ3v) is 3.41. The fourth-order valence-corrected chi connectivity index (χ4v) is 2.57.